The van der Waals surface area contributed by atoms with E-state index in [1.165, 1.54) is 0 Å². The van der Waals surface area contributed by atoms with Gasteiger partial charge >= 0.3 is 5.97 Å². The van der Waals surface area contributed by atoms with Gasteiger partial charge in [-0.05, 0) is 56.6 Å². The van der Waals surface area contributed by atoms with Crippen LogP contribution in [0, 0.1) is 5.92 Å². The molecule has 1 fully saturated rings. The van der Waals surface area contributed by atoms with Gasteiger partial charge in [0.2, 0.25) is 0 Å². The lowest BCUT2D eigenvalue weighted by atomic mass is 9.96. The molecule has 0 aliphatic carbocycles. The van der Waals surface area contributed by atoms with Crippen molar-refractivity contribution in [3.05, 3.63) is 58.6 Å². The van der Waals surface area contributed by atoms with E-state index >= 15 is 0 Å². The second-order valence-electron chi connectivity index (χ2n) is 8.90. The quantitative estimate of drug-likeness (QED) is 0.489. The summed E-state index contributed by atoms with van der Waals surface area (Å²) in [5, 5.41) is 6.92. The lowest BCUT2D eigenvalue weighted by molar-refractivity contribution is -0.149. The number of amides is 1. The molecule has 2 aromatic rings. The van der Waals surface area contributed by atoms with Crippen LogP contribution in [0.2, 0.25) is 5.02 Å². The molecule has 36 heavy (non-hydrogen) atoms. The number of hydrogen-bond donors (Lipinski definition) is 0. The molecule has 1 amide bonds. The van der Waals surface area contributed by atoms with Crippen LogP contribution in [0.5, 0.6) is 11.5 Å². The van der Waals surface area contributed by atoms with Gasteiger partial charge in [0, 0.05) is 23.1 Å². The van der Waals surface area contributed by atoms with Crippen molar-refractivity contribution in [2.24, 2.45) is 11.0 Å². The van der Waals surface area contributed by atoms with Crippen molar-refractivity contribution in [2.45, 2.75) is 32.2 Å². The molecular formula is C27H32ClN3O5. The number of likely N-dealkylation sites (tertiary alicyclic amines) is 1. The monoisotopic (exact) mass is 513 g/mol. The lowest BCUT2D eigenvalue weighted by Gasteiger charge is -2.32. The van der Waals surface area contributed by atoms with Gasteiger partial charge in [-0.25, -0.2) is 5.01 Å². The molecule has 2 aromatic carbocycles. The lowest BCUT2D eigenvalue weighted by Crippen LogP contribution is -2.43. The van der Waals surface area contributed by atoms with Crippen molar-refractivity contribution in [3.63, 3.8) is 0 Å². The topological polar surface area (TPSA) is 80.7 Å². The molecule has 0 N–H and O–H groups in total. The van der Waals surface area contributed by atoms with E-state index in [4.69, 9.17) is 30.9 Å². The third kappa shape index (κ3) is 5.65. The maximum atomic E-state index is 13.5. The van der Waals surface area contributed by atoms with Gasteiger partial charge in [-0.1, -0.05) is 29.8 Å². The first-order valence-corrected chi connectivity index (χ1v) is 12.6. The van der Waals surface area contributed by atoms with Gasteiger partial charge in [0.25, 0.3) is 5.91 Å². The Bertz CT molecular complexity index is 1130. The first-order valence-electron chi connectivity index (χ1n) is 12.2. The molecule has 0 saturated carbocycles. The third-order valence-electron chi connectivity index (χ3n) is 6.72. The van der Waals surface area contributed by atoms with Crippen LogP contribution in [0.4, 0.5) is 0 Å². The van der Waals surface area contributed by atoms with Crippen molar-refractivity contribution in [1.29, 1.82) is 0 Å². The molecule has 9 heteroatoms. The number of methoxy groups -OCH3 is 2. The number of benzene rings is 2. The fourth-order valence-corrected chi connectivity index (χ4v) is 5.04. The summed E-state index contributed by atoms with van der Waals surface area (Å²) in [7, 11) is 3.20. The van der Waals surface area contributed by atoms with Crippen molar-refractivity contribution in [2.75, 3.05) is 40.5 Å². The molecule has 2 aliphatic heterocycles. The summed E-state index contributed by atoms with van der Waals surface area (Å²) in [5.41, 5.74) is 2.40. The van der Waals surface area contributed by atoms with Crippen LogP contribution < -0.4 is 9.47 Å². The first-order chi connectivity index (χ1) is 17.4. The maximum Gasteiger partial charge on any atom is 0.309 e. The fourth-order valence-electron chi connectivity index (χ4n) is 4.78. The summed E-state index contributed by atoms with van der Waals surface area (Å²) in [4.78, 5) is 27.7. The summed E-state index contributed by atoms with van der Waals surface area (Å²) >= 11 is 6.55. The third-order valence-corrected chi connectivity index (χ3v) is 7.06. The highest BCUT2D eigenvalue weighted by Crippen LogP contribution is 2.38. The highest BCUT2D eigenvalue weighted by atomic mass is 35.5. The van der Waals surface area contributed by atoms with E-state index in [2.05, 4.69) is 4.90 Å². The van der Waals surface area contributed by atoms with Gasteiger partial charge in [0.05, 0.1) is 45.0 Å². The number of hydrazone groups is 1. The molecular weight excluding hydrogens is 482 g/mol. The average Bonchev–Trinajstić information content (AvgIpc) is 3.34. The van der Waals surface area contributed by atoms with Gasteiger partial charge in [0.1, 0.15) is 11.5 Å². The number of hydrogen-bond acceptors (Lipinski definition) is 7. The zero-order chi connectivity index (χ0) is 25.7. The van der Waals surface area contributed by atoms with Crippen molar-refractivity contribution in [3.8, 4) is 11.5 Å². The molecule has 4 rings (SSSR count). The Morgan fingerprint density at radius 3 is 2.50 bits per heavy atom. The Kier molecular flexibility index (Phi) is 8.48. The minimum atomic E-state index is -0.329. The molecule has 0 bridgehead atoms. The van der Waals surface area contributed by atoms with Crippen LogP contribution in [0.25, 0.3) is 0 Å². The van der Waals surface area contributed by atoms with E-state index < -0.39 is 0 Å². The number of rotatable bonds is 8. The van der Waals surface area contributed by atoms with Crippen molar-refractivity contribution in [1.82, 2.24) is 9.91 Å². The second-order valence-corrected chi connectivity index (χ2v) is 9.30. The molecule has 1 unspecified atom stereocenters. The second kappa shape index (κ2) is 11.8. The molecule has 0 radical (unpaired) electrons. The van der Waals surface area contributed by atoms with E-state index in [-0.39, 0.29) is 30.4 Å². The van der Waals surface area contributed by atoms with E-state index in [9.17, 15) is 9.59 Å². The van der Waals surface area contributed by atoms with Crippen LogP contribution in [0.15, 0.2) is 47.6 Å². The van der Waals surface area contributed by atoms with Crippen LogP contribution in [0.3, 0.4) is 0 Å². The Balaban J connectivity index is 1.55. The van der Waals surface area contributed by atoms with E-state index in [1.807, 2.05) is 43.3 Å². The van der Waals surface area contributed by atoms with Gasteiger partial charge in [-0.3, -0.25) is 14.5 Å². The number of carbonyl (C=O) groups excluding carboxylic acids is 2. The maximum absolute atomic E-state index is 13.5. The van der Waals surface area contributed by atoms with Crippen molar-refractivity contribution < 1.29 is 23.8 Å². The predicted molar refractivity (Wildman–Crippen MR) is 138 cm³/mol. The molecule has 0 aromatic heterocycles. The molecule has 2 heterocycles. The minimum absolute atomic E-state index is 0.105. The molecule has 2 aliphatic rings. The fraction of sp³-hybridized carbons (Fsp3) is 0.444. The highest BCUT2D eigenvalue weighted by molar-refractivity contribution is 6.31. The standard InChI is InChI=1S/C27H32ClN3O5/c1-4-36-27(33)18-11-13-30(14-12-18)17-26(32)31-24(20-7-5-6-8-22(20)28)16-23(29-31)21-10-9-19(34-2)15-25(21)35-3/h5-10,15,18,24H,4,11-14,16-17H2,1-3H3. The molecule has 8 nitrogen and oxygen atoms in total. The zero-order valence-corrected chi connectivity index (χ0v) is 21.7. The van der Waals surface area contributed by atoms with Crippen molar-refractivity contribution >= 4 is 29.2 Å². The summed E-state index contributed by atoms with van der Waals surface area (Å²) in [6, 6.07) is 12.8. The van der Waals surface area contributed by atoms with Gasteiger partial charge in [-0.2, -0.15) is 5.10 Å². The van der Waals surface area contributed by atoms with Crippen LogP contribution in [0.1, 0.15) is 43.4 Å². The predicted octanol–water partition coefficient (Wildman–Crippen LogP) is 4.31. The Morgan fingerprint density at radius 2 is 1.83 bits per heavy atom. The van der Waals surface area contributed by atoms with Gasteiger partial charge in [0.15, 0.2) is 0 Å². The SMILES string of the molecule is CCOC(=O)C1CCN(CC(=O)N2N=C(c3ccc(OC)cc3OC)CC2c2ccccc2Cl)CC1. The summed E-state index contributed by atoms with van der Waals surface area (Å²) in [6.07, 6.45) is 1.86. The molecule has 192 valence electrons. The molecule has 0 spiro atoms. The summed E-state index contributed by atoms with van der Waals surface area (Å²) in [5.74, 6) is 0.935. The number of nitrogens with zero attached hydrogens (tertiary/aromatic N) is 3. The highest BCUT2D eigenvalue weighted by Gasteiger charge is 2.36. The van der Waals surface area contributed by atoms with Gasteiger partial charge < -0.3 is 14.2 Å². The van der Waals surface area contributed by atoms with Crippen LogP contribution >= 0.6 is 11.6 Å². The Labute approximate surface area is 216 Å². The zero-order valence-electron chi connectivity index (χ0n) is 20.9. The van der Waals surface area contributed by atoms with E-state index in [0.717, 1.165) is 16.8 Å². The Hall–Kier alpha value is -3.10. The number of halogens is 1. The smallest absolute Gasteiger partial charge is 0.309 e. The number of ether oxygens (including phenoxy) is 3. The van der Waals surface area contributed by atoms with E-state index in [1.54, 1.807) is 25.3 Å². The normalized spacial score (nSPS) is 18.6. The summed E-state index contributed by atoms with van der Waals surface area (Å²) in [6.45, 7) is 3.72. The molecule has 1 saturated heterocycles. The average molecular weight is 514 g/mol. The minimum Gasteiger partial charge on any atom is -0.497 e. The van der Waals surface area contributed by atoms with Crippen LogP contribution in [-0.4, -0.2) is 68.0 Å². The number of piperidine rings is 1. The largest absolute Gasteiger partial charge is 0.497 e. The first kappa shape index (κ1) is 26.0. The molecule has 1 atom stereocenters. The summed E-state index contributed by atoms with van der Waals surface area (Å²) < 4.78 is 16.1. The van der Waals surface area contributed by atoms with Crippen LogP contribution in [-0.2, 0) is 14.3 Å². The van der Waals surface area contributed by atoms with Gasteiger partial charge in [-0.15, -0.1) is 0 Å². The number of esters is 1. The van der Waals surface area contributed by atoms with E-state index in [0.29, 0.717) is 55.5 Å². The Morgan fingerprint density at radius 1 is 1.08 bits per heavy atom. The number of carbonyl (C=O) groups is 2.